The highest BCUT2D eigenvalue weighted by atomic mass is 16.5. The molecule has 2 aromatic rings. The minimum Gasteiger partial charge on any atom is -0.497 e. The van der Waals surface area contributed by atoms with Crippen LogP contribution < -0.4 is 20.1 Å². The van der Waals surface area contributed by atoms with E-state index in [1.165, 1.54) is 12.1 Å². The molecule has 0 aliphatic rings. The lowest BCUT2D eigenvalue weighted by Gasteiger charge is -2.09. The van der Waals surface area contributed by atoms with Crippen LogP contribution in [0.1, 0.15) is 22.3 Å². The Balaban J connectivity index is 1.89. The van der Waals surface area contributed by atoms with Crippen molar-refractivity contribution in [2.45, 2.75) is 12.8 Å². The summed E-state index contributed by atoms with van der Waals surface area (Å²) in [4.78, 5) is 34.4. The lowest BCUT2D eigenvalue weighted by Crippen LogP contribution is -2.29. The third kappa shape index (κ3) is 6.31. The maximum atomic E-state index is 12.2. The van der Waals surface area contributed by atoms with Gasteiger partial charge in [0.2, 0.25) is 5.91 Å². The molecule has 2 amide bonds. The third-order valence-electron chi connectivity index (χ3n) is 3.88. The molecule has 28 heavy (non-hydrogen) atoms. The maximum absolute atomic E-state index is 12.2. The van der Waals surface area contributed by atoms with Crippen molar-refractivity contribution >= 4 is 23.5 Å². The minimum atomic E-state index is -1.12. The fourth-order valence-electron chi connectivity index (χ4n) is 2.45. The van der Waals surface area contributed by atoms with Crippen LogP contribution in [0.15, 0.2) is 42.5 Å². The van der Waals surface area contributed by atoms with Gasteiger partial charge in [-0.05, 0) is 48.4 Å². The number of ether oxygens (including phenoxy) is 2. The van der Waals surface area contributed by atoms with E-state index in [1.54, 1.807) is 32.4 Å². The maximum Gasteiger partial charge on any atom is 0.322 e. The van der Waals surface area contributed by atoms with Crippen LogP contribution in [-0.2, 0) is 16.0 Å². The molecule has 0 atom stereocenters. The molecule has 0 spiro atoms. The number of aryl methyl sites for hydroxylation is 1. The van der Waals surface area contributed by atoms with E-state index in [2.05, 4.69) is 10.6 Å². The Morgan fingerprint density at radius 2 is 1.57 bits per heavy atom. The van der Waals surface area contributed by atoms with Gasteiger partial charge in [0.25, 0.3) is 5.91 Å². The quantitative estimate of drug-likeness (QED) is 0.608. The zero-order chi connectivity index (χ0) is 20.5. The molecule has 0 aromatic heterocycles. The number of hydrogen-bond donors (Lipinski definition) is 3. The highest BCUT2D eigenvalue weighted by molar-refractivity contribution is 5.97. The molecule has 0 saturated carbocycles. The molecule has 0 bridgehead atoms. The van der Waals surface area contributed by atoms with E-state index in [4.69, 9.17) is 14.6 Å². The molecular formula is C20H22N2O6. The predicted molar refractivity (Wildman–Crippen MR) is 103 cm³/mol. The molecule has 0 aliphatic carbocycles. The van der Waals surface area contributed by atoms with Crippen LogP contribution in [0.3, 0.4) is 0 Å². The number of carbonyl (C=O) groups excluding carboxylic acids is 2. The van der Waals surface area contributed by atoms with Gasteiger partial charge in [0.15, 0.2) is 0 Å². The van der Waals surface area contributed by atoms with Gasteiger partial charge in [-0.25, -0.2) is 0 Å². The van der Waals surface area contributed by atoms with Crippen LogP contribution in [0.25, 0.3) is 0 Å². The van der Waals surface area contributed by atoms with Gasteiger partial charge in [-0.1, -0.05) is 0 Å². The van der Waals surface area contributed by atoms with Crippen LogP contribution in [0.4, 0.5) is 5.69 Å². The molecular weight excluding hydrogens is 364 g/mol. The summed E-state index contributed by atoms with van der Waals surface area (Å²) >= 11 is 0. The molecule has 8 nitrogen and oxygen atoms in total. The van der Waals surface area contributed by atoms with E-state index in [0.29, 0.717) is 29.2 Å². The van der Waals surface area contributed by atoms with Crippen LogP contribution in [0.2, 0.25) is 0 Å². The first-order chi connectivity index (χ1) is 13.4. The summed E-state index contributed by atoms with van der Waals surface area (Å²) in [7, 11) is 3.13. The topological polar surface area (TPSA) is 114 Å². The highest BCUT2D eigenvalue weighted by Gasteiger charge is 2.09. The lowest BCUT2D eigenvalue weighted by molar-refractivity contribution is -0.135. The number of carboxylic acids is 1. The average molecular weight is 386 g/mol. The Kier molecular flexibility index (Phi) is 7.38. The van der Waals surface area contributed by atoms with Gasteiger partial charge in [0.1, 0.15) is 18.0 Å². The molecule has 3 N–H and O–H groups in total. The molecule has 0 radical (unpaired) electrons. The summed E-state index contributed by atoms with van der Waals surface area (Å²) in [5, 5.41) is 13.6. The van der Waals surface area contributed by atoms with Crippen molar-refractivity contribution in [3.8, 4) is 11.5 Å². The summed E-state index contributed by atoms with van der Waals surface area (Å²) in [6.45, 7) is -0.452. The number of carboxylic acid groups (broad SMARTS) is 1. The normalized spacial score (nSPS) is 10.1. The number of carbonyl (C=O) groups is 3. The van der Waals surface area contributed by atoms with E-state index >= 15 is 0 Å². The van der Waals surface area contributed by atoms with Crippen molar-refractivity contribution in [3.63, 3.8) is 0 Å². The molecule has 0 heterocycles. The second-order valence-corrected chi connectivity index (χ2v) is 5.92. The Morgan fingerprint density at radius 1 is 0.964 bits per heavy atom. The van der Waals surface area contributed by atoms with E-state index in [9.17, 15) is 14.4 Å². The van der Waals surface area contributed by atoms with Crippen molar-refractivity contribution in [2.24, 2.45) is 0 Å². The molecule has 0 fully saturated rings. The molecule has 0 unspecified atom stereocenters. The van der Waals surface area contributed by atoms with Gasteiger partial charge >= 0.3 is 5.97 Å². The van der Waals surface area contributed by atoms with E-state index in [0.717, 1.165) is 5.56 Å². The lowest BCUT2D eigenvalue weighted by atomic mass is 10.1. The number of rotatable bonds is 9. The number of methoxy groups -OCH3 is 2. The average Bonchev–Trinajstić information content (AvgIpc) is 2.70. The number of hydrogen-bond acceptors (Lipinski definition) is 5. The summed E-state index contributed by atoms with van der Waals surface area (Å²) in [5.41, 5.74) is 1.77. The van der Waals surface area contributed by atoms with Crippen LogP contribution >= 0.6 is 0 Å². The van der Waals surface area contributed by atoms with Crippen molar-refractivity contribution in [3.05, 3.63) is 53.6 Å². The molecule has 0 saturated heterocycles. The molecule has 2 aromatic carbocycles. The number of aliphatic carboxylic acids is 1. The standard InChI is InChI=1S/C20H22N2O6/c1-27-16-9-13(10-17(11-16)28-2)3-8-18(23)22-15-6-4-14(5-7-15)20(26)21-12-19(24)25/h4-7,9-11H,3,8,12H2,1-2H3,(H,21,26)(H,22,23)(H,24,25). The van der Waals surface area contributed by atoms with E-state index < -0.39 is 18.4 Å². The zero-order valence-electron chi connectivity index (χ0n) is 15.7. The van der Waals surface area contributed by atoms with Crippen molar-refractivity contribution in [1.29, 1.82) is 0 Å². The minimum absolute atomic E-state index is 0.176. The largest absolute Gasteiger partial charge is 0.497 e. The second-order valence-electron chi connectivity index (χ2n) is 5.92. The van der Waals surface area contributed by atoms with Gasteiger partial charge in [-0.3, -0.25) is 14.4 Å². The molecule has 148 valence electrons. The predicted octanol–water partition coefficient (Wildman–Crippen LogP) is 2.09. The SMILES string of the molecule is COc1cc(CCC(=O)Nc2ccc(C(=O)NCC(=O)O)cc2)cc(OC)c1. The monoisotopic (exact) mass is 386 g/mol. The van der Waals surface area contributed by atoms with Crippen LogP contribution in [0.5, 0.6) is 11.5 Å². The van der Waals surface area contributed by atoms with Crippen molar-refractivity contribution in [1.82, 2.24) is 5.32 Å². The molecule has 8 heteroatoms. The fourth-order valence-corrected chi connectivity index (χ4v) is 2.45. The Bertz CT molecular complexity index is 826. The summed E-state index contributed by atoms with van der Waals surface area (Å²) in [6.07, 6.45) is 0.770. The number of amides is 2. The number of benzene rings is 2. The van der Waals surface area contributed by atoms with E-state index in [-0.39, 0.29) is 12.3 Å². The third-order valence-corrected chi connectivity index (χ3v) is 3.88. The summed E-state index contributed by atoms with van der Waals surface area (Å²) < 4.78 is 10.4. The van der Waals surface area contributed by atoms with Crippen LogP contribution in [-0.4, -0.2) is 43.7 Å². The van der Waals surface area contributed by atoms with Gasteiger partial charge in [0.05, 0.1) is 14.2 Å². The van der Waals surface area contributed by atoms with Crippen molar-refractivity contribution < 1.29 is 29.0 Å². The number of nitrogens with one attached hydrogen (secondary N) is 2. The highest BCUT2D eigenvalue weighted by Crippen LogP contribution is 2.23. The number of anilines is 1. The first kappa shape index (κ1) is 20.8. The second kappa shape index (κ2) is 9.96. The van der Waals surface area contributed by atoms with Gasteiger partial charge in [0, 0.05) is 23.7 Å². The smallest absolute Gasteiger partial charge is 0.322 e. The molecule has 2 rings (SSSR count). The summed E-state index contributed by atoms with van der Waals surface area (Å²) in [5.74, 6) is -0.471. The van der Waals surface area contributed by atoms with Crippen LogP contribution in [0, 0.1) is 0 Å². The fraction of sp³-hybridized carbons (Fsp3) is 0.250. The Hall–Kier alpha value is -3.55. The van der Waals surface area contributed by atoms with Gasteiger partial charge in [-0.2, -0.15) is 0 Å². The zero-order valence-corrected chi connectivity index (χ0v) is 15.7. The Morgan fingerprint density at radius 3 is 2.11 bits per heavy atom. The first-order valence-electron chi connectivity index (χ1n) is 8.53. The first-order valence-corrected chi connectivity index (χ1v) is 8.53. The van der Waals surface area contributed by atoms with Gasteiger partial charge < -0.3 is 25.2 Å². The Labute approximate surface area is 162 Å². The van der Waals surface area contributed by atoms with Crippen molar-refractivity contribution in [2.75, 3.05) is 26.1 Å². The van der Waals surface area contributed by atoms with Gasteiger partial charge in [-0.15, -0.1) is 0 Å². The summed E-state index contributed by atoms with van der Waals surface area (Å²) in [6, 6.07) is 11.7. The molecule has 0 aliphatic heterocycles. The van der Waals surface area contributed by atoms with E-state index in [1.807, 2.05) is 12.1 Å².